The maximum absolute atomic E-state index is 12.4. The summed E-state index contributed by atoms with van der Waals surface area (Å²) in [6.45, 7) is 17.8. The molecular formula is C45H78N10O12S2. The topological polar surface area (TPSA) is 281 Å². The predicted molar refractivity (Wildman–Crippen MR) is 250 cm³/mol. The van der Waals surface area contributed by atoms with Gasteiger partial charge in [-0.05, 0) is 108 Å². The second-order valence-corrected chi connectivity index (χ2v) is 22.3. The summed E-state index contributed by atoms with van der Waals surface area (Å²) in [5.41, 5.74) is 5.78. The first kappa shape index (κ1) is 54.8. The van der Waals surface area contributed by atoms with Crippen molar-refractivity contribution in [2.24, 2.45) is 23.5 Å². The third kappa shape index (κ3) is 15.2. The summed E-state index contributed by atoms with van der Waals surface area (Å²) in [7, 11) is -9.75. The number of nitrogens with zero attached hydrogens (tertiary/aromatic N) is 9. The van der Waals surface area contributed by atoms with Gasteiger partial charge in [-0.15, -0.1) is 24.7 Å². The molecule has 4 bridgehead atoms. The molecule has 4 saturated heterocycles. The molecule has 4 atom stereocenters. The number of hydroxylamine groups is 4. The lowest BCUT2D eigenvalue weighted by molar-refractivity contribution is -0.929. The molecule has 2 aliphatic carbocycles. The number of quaternary nitrogens is 1. The van der Waals surface area contributed by atoms with Gasteiger partial charge in [0.2, 0.25) is 34.0 Å². The molecule has 69 heavy (non-hydrogen) atoms. The highest BCUT2D eigenvalue weighted by atomic mass is 32.3. The van der Waals surface area contributed by atoms with Crippen LogP contribution < -0.4 is 5.73 Å². The van der Waals surface area contributed by atoms with E-state index < -0.39 is 57.0 Å². The second kappa shape index (κ2) is 24.7. The molecule has 0 unspecified atom stereocenters. The number of unbranched alkanes of at least 4 members (excludes halogenated alkanes) is 4. The van der Waals surface area contributed by atoms with Crippen molar-refractivity contribution in [2.75, 3.05) is 39.3 Å². The highest BCUT2D eigenvalue weighted by Gasteiger charge is 2.50. The number of carbonyl (C=O) groups is 2. The molecule has 0 aromatic carbocycles. The Morgan fingerprint density at radius 1 is 0.667 bits per heavy atom. The number of aromatic nitrogens is 4. The zero-order chi connectivity index (χ0) is 49.9. The van der Waals surface area contributed by atoms with Gasteiger partial charge >= 0.3 is 22.5 Å². The molecule has 3 N–H and O–H groups in total. The van der Waals surface area contributed by atoms with Crippen LogP contribution in [-0.4, -0.2) is 140 Å². The lowest BCUT2D eigenvalue weighted by atomic mass is 9.74. The highest BCUT2D eigenvalue weighted by Crippen LogP contribution is 2.41. The maximum Gasteiger partial charge on any atom is 0.418 e. The summed E-state index contributed by atoms with van der Waals surface area (Å²) in [4.78, 5) is 27.6. The number of rotatable bonds is 24. The molecule has 0 spiro atoms. The first-order valence-electron chi connectivity index (χ1n) is 25.6. The third-order valence-electron chi connectivity index (χ3n) is 14.7. The molecule has 2 aromatic heterocycles. The van der Waals surface area contributed by atoms with E-state index in [1.165, 1.54) is 105 Å². The molecular weight excluding hydrogens is 937 g/mol. The summed E-state index contributed by atoms with van der Waals surface area (Å²) in [5.74, 6) is 3.89. The van der Waals surface area contributed by atoms with Crippen LogP contribution in [0.25, 0.3) is 0 Å². The maximum atomic E-state index is 12.4. The summed E-state index contributed by atoms with van der Waals surface area (Å²) < 4.78 is 84.7. The Labute approximate surface area is 408 Å². The number of nitrogens with two attached hydrogens (primary N) is 1. The Balaban J connectivity index is 0.000000175. The molecule has 4 amide bonds. The summed E-state index contributed by atoms with van der Waals surface area (Å²) in [5, 5.41) is 17.6. The average molecular weight is 1020 g/mol. The van der Waals surface area contributed by atoms with Crippen LogP contribution in [0.1, 0.15) is 186 Å². The molecule has 8 rings (SSSR count). The monoisotopic (exact) mass is 1010 g/mol. The van der Waals surface area contributed by atoms with Crippen molar-refractivity contribution >= 4 is 32.9 Å². The van der Waals surface area contributed by atoms with E-state index in [4.69, 9.17) is 19.1 Å². The normalized spacial score (nSPS) is 26.6. The van der Waals surface area contributed by atoms with Crippen LogP contribution in [0.4, 0.5) is 9.59 Å². The molecule has 6 aliphatic rings. The van der Waals surface area contributed by atoms with E-state index in [-0.39, 0.29) is 13.1 Å². The number of carbonyl (C=O) groups excluding carboxylic acids is 2. The average Bonchev–Trinajstić information content (AvgIpc) is 4.07. The molecule has 6 fully saturated rings. The van der Waals surface area contributed by atoms with Crippen molar-refractivity contribution < 1.29 is 57.4 Å². The molecule has 0 radical (unpaired) electrons. The van der Waals surface area contributed by atoms with Crippen LogP contribution in [-0.2, 0) is 42.2 Å². The predicted octanol–water partition coefficient (Wildman–Crippen LogP) is 6.80. The SMILES string of the molecule is CC1CC(CCc2nnc([C@@H]3CC[C@@H]4CN3C(=O)N4OS(=O)(=O)[O-])o2)C1.CCCC[N+](CCCC)(CCCC)CCCC.NC1CC(CCc2nnc([C@@H]3CC[C@@H]4CN3C(=O)N4OS(=O)(=O)O)o2)C1. The third-order valence-corrected chi connectivity index (χ3v) is 15.4. The van der Waals surface area contributed by atoms with Gasteiger partial charge < -0.3 is 33.4 Å². The Morgan fingerprint density at radius 3 is 1.43 bits per heavy atom. The fourth-order valence-corrected chi connectivity index (χ4v) is 11.6. The smallest absolute Gasteiger partial charge is 0.418 e. The van der Waals surface area contributed by atoms with Gasteiger partial charge in [-0.1, -0.05) is 60.3 Å². The van der Waals surface area contributed by atoms with Crippen molar-refractivity contribution in [1.29, 1.82) is 0 Å². The lowest BCUT2D eigenvalue weighted by Gasteiger charge is -2.39. The van der Waals surface area contributed by atoms with E-state index in [1.54, 1.807) is 0 Å². The Morgan fingerprint density at radius 2 is 1.07 bits per heavy atom. The van der Waals surface area contributed by atoms with Crippen LogP contribution in [0.15, 0.2) is 8.83 Å². The summed E-state index contributed by atoms with van der Waals surface area (Å²) in [6.07, 6.45) is 21.0. The zero-order valence-corrected chi connectivity index (χ0v) is 43.0. The molecule has 392 valence electrons. The van der Waals surface area contributed by atoms with E-state index in [0.717, 1.165) is 43.9 Å². The molecule has 4 aliphatic heterocycles. The van der Waals surface area contributed by atoms with Gasteiger partial charge in [0.25, 0.3) is 0 Å². The molecule has 2 aromatic rings. The van der Waals surface area contributed by atoms with Crippen molar-refractivity contribution in [1.82, 2.24) is 40.3 Å². The molecule has 6 heterocycles. The van der Waals surface area contributed by atoms with Gasteiger partial charge in [0.05, 0.1) is 38.3 Å². The van der Waals surface area contributed by atoms with Gasteiger partial charge in [-0.2, -0.15) is 22.8 Å². The molecule has 2 saturated carbocycles. The van der Waals surface area contributed by atoms with E-state index in [2.05, 4.69) is 63.6 Å². The fraction of sp³-hybridized carbons (Fsp3) is 0.867. The molecule has 24 heteroatoms. The standard InChI is InChI=1S/C16H36N.C15H22N4O6S.C14H21N5O6S/c1-5-9-13-17(14-10-6-2,15-11-7-3)16-12-8-4;1-9-6-10(7-9)2-5-13-16-17-14(24-13)12-4-3-11-8-18(12)15(20)19(11)25-26(21,22)23;15-9-5-8(6-9)1-4-12-16-17-13(24-12)11-3-2-10-7-18(11)14(20)19(10)25-26(21,22)23/h5-16H2,1-4H3;9-12H,2-8H2,1H3,(H,21,22,23);8-11H,1-7,15H2,(H,21,22,23)/q+1;;/p-1/t;9?,10?,11-,12+;8?,9?,10-,11+/m.11/s1. The van der Waals surface area contributed by atoms with Crippen molar-refractivity contribution in [2.45, 2.75) is 193 Å². The number of aryl methyl sites for hydroxylation is 2. The number of hydrogen-bond donors (Lipinski definition) is 2. The number of amides is 4. The Bertz CT molecular complexity index is 2000. The first-order valence-corrected chi connectivity index (χ1v) is 28.3. The minimum Gasteiger partial charge on any atom is -0.724 e. The van der Waals surface area contributed by atoms with Gasteiger partial charge in [0.1, 0.15) is 12.1 Å². The zero-order valence-electron chi connectivity index (χ0n) is 41.4. The van der Waals surface area contributed by atoms with Crippen molar-refractivity contribution in [3.63, 3.8) is 0 Å². The summed E-state index contributed by atoms with van der Waals surface area (Å²) in [6, 6.07) is -2.75. The fourth-order valence-electron chi connectivity index (χ4n) is 10.8. The van der Waals surface area contributed by atoms with Gasteiger partial charge in [0.15, 0.2) is 0 Å². The minimum atomic E-state index is -5.00. The Kier molecular flexibility index (Phi) is 19.7. The van der Waals surface area contributed by atoms with E-state index in [1.807, 2.05) is 0 Å². The second-order valence-electron chi connectivity index (χ2n) is 20.3. The largest absolute Gasteiger partial charge is 0.724 e. The van der Waals surface area contributed by atoms with Crippen molar-refractivity contribution in [3.05, 3.63) is 23.6 Å². The van der Waals surface area contributed by atoms with E-state index >= 15 is 0 Å². The van der Waals surface area contributed by atoms with Crippen LogP contribution in [0.2, 0.25) is 0 Å². The van der Waals surface area contributed by atoms with Crippen LogP contribution in [0.5, 0.6) is 0 Å². The highest BCUT2D eigenvalue weighted by molar-refractivity contribution is 7.81. The van der Waals surface area contributed by atoms with Gasteiger partial charge in [-0.25, -0.2) is 18.0 Å². The quantitative estimate of drug-likeness (QED) is 0.0621. The minimum absolute atomic E-state index is 0.261. The van der Waals surface area contributed by atoms with E-state index in [9.17, 15) is 31.0 Å². The lowest BCUT2D eigenvalue weighted by Crippen LogP contribution is -2.50. The van der Waals surface area contributed by atoms with Crippen LogP contribution in [0.3, 0.4) is 0 Å². The number of fused-ring (bicyclic) bond motifs is 4. The first-order chi connectivity index (χ1) is 32.8. The Hall–Kier alpha value is -3.52. The van der Waals surface area contributed by atoms with Gasteiger partial charge in [-0.3, -0.25) is 4.55 Å². The number of piperidine rings is 2. The van der Waals surface area contributed by atoms with Crippen LogP contribution >= 0.6 is 0 Å². The van der Waals surface area contributed by atoms with Gasteiger partial charge in [0, 0.05) is 32.0 Å². The number of hydrogen-bond acceptors (Lipinski definition) is 16. The molecule has 22 nitrogen and oxygen atoms in total. The van der Waals surface area contributed by atoms with E-state index in [0.29, 0.717) is 77.8 Å². The summed E-state index contributed by atoms with van der Waals surface area (Å²) >= 11 is 0. The van der Waals surface area contributed by atoms with Crippen LogP contribution in [0, 0.1) is 17.8 Å². The van der Waals surface area contributed by atoms with Crippen molar-refractivity contribution in [3.8, 4) is 0 Å². The number of urea groups is 2.